The standard InChI is InChI=1S/C20H30O2/c1-12(2)14-6-7-19(4)8-9-20(5)11-16(22)13(3)10-15(21)18(20)17(14)19/h10,14-15,17-18,21H,1,6-9,11H2,2-5H3. The normalized spacial score (nSPS) is 48.2. The summed E-state index contributed by atoms with van der Waals surface area (Å²) in [5.41, 5.74) is 2.22. The van der Waals surface area contributed by atoms with E-state index in [1.54, 1.807) is 0 Å². The van der Waals surface area contributed by atoms with Gasteiger partial charge in [-0.3, -0.25) is 4.79 Å². The van der Waals surface area contributed by atoms with Crippen molar-refractivity contribution >= 4 is 5.78 Å². The van der Waals surface area contributed by atoms with Gasteiger partial charge in [0.15, 0.2) is 5.78 Å². The van der Waals surface area contributed by atoms with Crippen LogP contribution in [-0.4, -0.2) is 17.0 Å². The topological polar surface area (TPSA) is 37.3 Å². The lowest BCUT2D eigenvalue weighted by Crippen LogP contribution is -2.51. The third-order valence-electron chi connectivity index (χ3n) is 7.15. The van der Waals surface area contributed by atoms with Crippen LogP contribution >= 0.6 is 0 Å². The highest BCUT2D eigenvalue weighted by atomic mass is 16.3. The SMILES string of the molecule is C=C(C)C1CCC2(C)CCC3(C)CC(=O)C(C)=CC(O)C3C12. The van der Waals surface area contributed by atoms with Crippen molar-refractivity contribution in [1.82, 2.24) is 0 Å². The van der Waals surface area contributed by atoms with Crippen LogP contribution < -0.4 is 0 Å². The average Bonchev–Trinajstić information content (AvgIpc) is 2.72. The van der Waals surface area contributed by atoms with E-state index in [0.717, 1.165) is 12.0 Å². The van der Waals surface area contributed by atoms with E-state index in [-0.39, 0.29) is 17.1 Å². The van der Waals surface area contributed by atoms with Gasteiger partial charge < -0.3 is 5.11 Å². The number of hydrogen-bond donors (Lipinski definition) is 1. The van der Waals surface area contributed by atoms with Crippen molar-refractivity contribution in [3.63, 3.8) is 0 Å². The molecular formula is C20H30O2. The van der Waals surface area contributed by atoms with Crippen molar-refractivity contribution in [2.75, 3.05) is 0 Å². The van der Waals surface area contributed by atoms with Gasteiger partial charge in [0.2, 0.25) is 0 Å². The third-order valence-corrected chi connectivity index (χ3v) is 7.15. The van der Waals surface area contributed by atoms with Gasteiger partial charge in [-0.25, -0.2) is 0 Å². The van der Waals surface area contributed by atoms with Crippen LogP contribution in [0.3, 0.4) is 0 Å². The highest BCUT2D eigenvalue weighted by Gasteiger charge is 2.59. The number of carbonyl (C=O) groups excluding carboxylic acids is 1. The lowest BCUT2D eigenvalue weighted by molar-refractivity contribution is -0.124. The molecule has 2 fully saturated rings. The van der Waals surface area contributed by atoms with Gasteiger partial charge in [-0.05, 0) is 79.8 Å². The molecule has 0 aromatic heterocycles. The number of aliphatic hydroxyl groups is 1. The van der Waals surface area contributed by atoms with Gasteiger partial charge >= 0.3 is 0 Å². The quantitative estimate of drug-likeness (QED) is 0.734. The first-order valence-corrected chi connectivity index (χ1v) is 8.73. The van der Waals surface area contributed by atoms with E-state index in [4.69, 9.17) is 0 Å². The fraction of sp³-hybridized carbons (Fsp3) is 0.750. The highest BCUT2D eigenvalue weighted by molar-refractivity contribution is 5.95. The maximum Gasteiger partial charge on any atom is 0.158 e. The van der Waals surface area contributed by atoms with Crippen LogP contribution in [-0.2, 0) is 4.79 Å². The molecule has 0 saturated heterocycles. The first-order chi connectivity index (χ1) is 10.2. The van der Waals surface area contributed by atoms with Crippen LogP contribution in [0.2, 0.25) is 0 Å². The molecule has 0 aromatic carbocycles. The Hall–Kier alpha value is -0.890. The molecular weight excluding hydrogens is 272 g/mol. The number of hydrogen-bond acceptors (Lipinski definition) is 2. The van der Waals surface area contributed by atoms with Gasteiger partial charge in [0, 0.05) is 6.42 Å². The highest BCUT2D eigenvalue weighted by Crippen LogP contribution is 2.65. The molecule has 0 spiro atoms. The van der Waals surface area contributed by atoms with Gasteiger partial charge in [0.05, 0.1) is 6.10 Å². The molecule has 0 aliphatic heterocycles. The summed E-state index contributed by atoms with van der Waals surface area (Å²) in [5, 5.41) is 10.9. The summed E-state index contributed by atoms with van der Waals surface area (Å²) < 4.78 is 0. The van der Waals surface area contributed by atoms with Gasteiger partial charge in [0.1, 0.15) is 0 Å². The van der Waals surface area contributed by atoms with Crippen molar-refractivity contribution < 1.29 is 9.90 Å². The molecule has 3 aliphatic carbocycles. The molecule has 122 valence electrons. The number of carbonyl (C=O) groups is 1. The molecule has 2 nitrogen and oxygen atoms in total. The zero-order valence-corrected chi connectivity index (χ0v) is 14.5. The minimum absolute atomic E-state index is 0.0764. The number of rotatable bonds is 1. The molecule has 1 N–H and O–H groups in total. The number of allylic oxidation sites excluding steroid dienone is 2. The Kier molecular flexibility index (Phi) is 3.67. The summed E-state index contributed by atoms with van der Waals surface area (Å²) in [6.45, 7) is 12.9. The maximum atomic E-state index is 12.4. The van der Waals surface area contributed by atoms with Crippen molar-refractivity contribution in [1.29, 1.82) is 0 Å². The smallest absolute Gasteiger partial charge is 0.158 e. The Labute approximate surface area is 134 Å². The second kappa shape index (κ2) is 5.06. The van der Waals surface area contributed by atoms with Crippen LogP contribution in [0.4, 0.5) is 0 Å². The second-order valence-electron chi connectivity index (χ2n) is 8.79. The second-order valence-corrected chi connectivity index (χ2v) is 8.79. The van der Waals surface area contributed by atoms with E-state index in [1.165, 1.54) is 24.8 Å². The molecule has 0 bridgehead atoms. The molecule has 0 aromatic rings. The van der Waals surface area contributed by atoms with Gasteiger partial charge in [-0.1, -0.05) is 26.0 Å². The van der Waals surface area contributed by atoms with E-state index >= 15 is 0 Å². The molecule has 3 aliphatic rings. The molecule has 2 heteroatoms. The van der Waals surface area contributed by atoms with Crippen LogP contribution in [0.5, 0.6) is 0 Å². The number of aliphatic hydroxyl groups excluding tert-OH is 1. The minimum atomic E-state index is -0.499. The average molecular weight is 302 g/mol. The summed E-state index contributed by atoms with van der Waals surface area (Å²) in [5.74, 6) is 1.34. The van der Waals surface area contributed by atoms with Crippen LogP contribution in [0.15, 0.2) is 23.8 Å². The predicted octanol–water partition coefficient (Wildman–Crippen LogP) is 4.29. The molecule has 0 amide bonds. The van der Waals surface area contributed by atoms with E-state index < -0.39 is 6.10 Å². The molecule has 6 atom stereocenters. The van der Waals surface area contributed by atoms with Gasteiger partial charge in [-0.15, -0.1) is 0 Å². The zero-order chi connectivity index (χ0) is 16.3. The predicted molar refractivity (Wildman–Crippen MR) is 89.4 cm³/mol. The third kappa shape index (κ3) is 2.22. The zero-order valence-electron chi connectivity index (χ0n) is 14.5. The lowest BCUT2D eigenvalue weighted by Gasteiger charge is -2.54. The number of ketones is 1. The largest absolute Gasteiger partial charge is 0.389 e. The monoisotopic (exact) mass is 302 g/mol. The Morgan fingerprint density at radius 1 is 1.23 bits per heavy atom. The summed E-state index contributed by atoms with van der Waals surface area (Å²) in [6.07, 6.45) is 6.56. The Bertz CT molecular complexity index is 546. The summed E-state index contributed by atoms with van der Waals surface area (Å²) in [4.78, 5) is 12.4. The maximum absolute atomic E-state index is 12.4. The number of Topliss-reactive ketones (excluding diaryl/α,β-unsaturated/α-hetero) is 1. The number of fused-ring (bicyclic) bond motifs is 3. The van der Waals surface area contributed by atoms with Crippen molar-refractivity contribution in [2.24, 2.45) is 28.6 Å². The summed E-state index contributed by atoms with van der Waals surface area (Å²) in [7, 11) is 0. The van der Waals surface area contributed by atoms with E-state index in [0.29, 0.717) is 23.7 Å². The summed E-state index contributed by atoms with van der Waals surface area (Å²) >= 11 is 0. The van der Waals surface area contributed by atoms with Crippen LogP contribution in [0.1, 0.15) is 59.8 Å². The molecule has 2 saturated carbocycles. The molecule has 6 unspecified atom stereocenters. The molecule has 0 heterocycles. The molecule has 3 rings (SSSR count). The molecule has 0 radical (unpaired) electrons. The van der Waals surface area contributed by atoms with Crippen LogP contribution in [0, 0.1) is 28.6 Å². The van der Waals surface area contributed by atoms with Crippen molar-refractivity contribution in [2.45, 2.75) is 65.9 Å². The van der Waals surface area contributed by atoms with E-state index in [1.807, 2.05) is 13.0 Å². The van der Waals surface area contributed by atoms with Crippen molar-refractivity contribution in [3.8, 4) is 0 Å². The first-order valence-electron chi connectivity index (χ1n) is 8.73. The van der Waals surface area contributed by atoms with E-state index in [2.05, 4.69) is 27.4 Å². The lowest BCUT2D eigenvalue weighted by atomic mass is 9.50. The molecule has 22 heavy (non-hydrogen) atoms. The Morgan fingerprint density at radius 3 is 2.50 bits per heavy atom. The Morgan fingerprint density at radius 2 is 1.86 bits per heavy atom. The van der Waals surface area contributed by atoms with Crippen LogP contribution in [0.25, 0.3) is 0 Å². The van der Waals surface area contributed by atoms with Gasteiger partial charge in [0.25, 0.3) is 0 Å². The van der Waals surface area contributed by atoms with E-state index in [9.17, 15) is 9.90 Å². The van der Waals surface area contributed by atoms with Crippen molar-refractivity contribution in [3.05, 3.63) is 23.8 Å². The fourth-order valence-electron chi connectivity index (χ4n) is 5.81. The van der Waals surface area contributed by atoms with Gasteiger partial charge in [-0.2, -0.15) is 0 Å². The fourth-order valence-corrected chi connectivity index (χ4v) is 5.81. The summed E-state index contributed by atoms with van der Waals surface area (Å²) in [6, 6.07) is 0. The minimum Gasteiger partial charge on any atom is -0.389 e. The Balaban J connectivity index is 2.08. The first kappa shape index (κ1) is 16.0.